The van der Waals surface area contributed by atoms with Gasteiger partial charge in [0.2, 0.25) is 0 Å². The first-order chi connectivity index (χ1) is 7.20. The van der Waals surface area contributed by atoms with E-state index in [0.717, 1.165) is 18.6 Å². The number of nitrogens with zero attached hydrogens (tertiary/aromatic N) is 2. The summed E-state index contributed by atoms with van der Waals surface area (Å²) in [6, 6.07) is 2.26. The Balaban J connectivity index is 2.20. The molecule has 1 unspecified atom stereocenters. The van der Waals surface area contributed by atoms with E-state index in [-0.39, 0.29) is 0 Å². The van der Waals surface area contributed by atoms with Crippen molar-refractivity contribution in [2.45, 2.75) is 30.5 Å². The molecular weight excluding hydrogens is 210 g/mol. The molecular formula is C10H15N3OS. The van der Waals surface area contributed by atoms with Gasteiger partial charge in [-0.3, -0.25) is 0 Å². The van der Waals surface area contributed by atoms with Crippen LogP contribution in [0.3, 0.4) is 0 Å². The summed E-state index contributed by atoms with van der Waals surface area (Å²) >= 11 is 1.57. The summed E-state index contributed by atoms with van der Waals surface area (Å²) in [6.07, 6.45) is 4.98. The van der Waals surface area contributed by atoms with Crippen molar-refractivity contribution in [3.63, 3.8) is 0 Å². The summed E-state index contributed by atoms with van der Waals surface area (Å²) < 4.78 is 5.09. The lowest BCUT2D eigenvalue weighted by atomic mass is 9.99. The Morgan fingerprint density at radius 2 is 2.53 bits per heavy atom. The molecule has 1 aromatic rings. The molecule has 0 saturated heterocycles. The van der Waals surface area contributed by atoms with Crippen LogP contribution in [-0.2, 0) is 0 Å². The van der Waals surface area contributed by atoms with E-state index >= 15 is 0 Å². The van der Waals surface area contributed by atoms with Crippen LogP contribution >= 0.6 is 11.8 Å². The molecule has 0 aliphatic carbocycles. The van der Waals surface area contributed by atoms with Gasteiger partial charge in [-0.25, -0.2) is 4.98 Å². The van der Waals surface area contributed by atoms with E-state index in [1.807, 2.05) is 14.0 Å². The Kier molecular flexibility index (Phi) is 4.66. The Hall–Kier alpha value is -0.990. The molecule has 0 radical (unpaired) electrons. The minimum absolute atomic E-state index is 0.419. The van der Waals surface area contributed by atoms with Crippen molar-refractivity contribution in [3.05, 3.63) is 12.5 Å². The number of hydrogen-bond acceptors (Lipinski definition) is 5. The standard InChI is InChI=1S/C10H15N3OS/c1-10(8-11,12-2)4-3-7-15-9-13-5-6-14-9/h5-6,12H,3-4,7H2,1-2H3. The summed E-state index contributed by atoms with van der Waals surface area (Å²) in [5.41, 5.74) is -0.419. The summed E-state index contributed by atoms with van der Waals surface area (Å²) in [5.74, 6) is 0.916. The molecule has 0 aliphatic rings. The van der Waals surface area contributed by atoms with Crippen LogP contribution in [0.4, 0.5) is 0 Å². The Bertz CT molecular complexity index is 320. The van der Waals surface area contributed by atoms with Gasteiger partial charge >= 0.3 is 0 Å². The van der Waals surface area contributed by atoms with Gasteiger partial charge < -0.3 is 9.73 Å². The van der Waals surface area contributed by atoms with E-state index < -0.39 is 5.54 Å². The van der Waals surface area contributed by atoms with Gasteiger partial charge in [-0.15, -0.1) is 0 Å². The maximum atomic E-state index is 8.92. The van der Waals surface area contributed by atoms with Gasteiger partial charge in [0, 0.05) is 5.75 Å². The molecule has 82 valence electrons. The van der Waals surface area contributed by atoms with E-state index in [1.165, 1.54) is 0 Å². The summed E-state index contributed by atoms with van der Waals surface area (Å²) in [6.45, 7) is 1.91. The molecule has 4 nitrogen and oxygen atoms in total. The second-order valence-corrected chi connectivity index (χ2v) is 4.49. The Morgan fingerprint density at radius 1 is 1.73 bits per heavy atom. The van der Waals surface area contributed by atoms with Crippen LogP contribution in [0.2, 0.25) is 0 Å². The van der Waals surface area contributed by atoms with Gasteiger partial charge in [-0.2, -0.15) is 5.26 Å². The van der Waals surface area contributed by atoms with Crippen molar-refractivity contribution in [2.24, 2.45) is 0 Å². The molecule has 15 heavy (non-hydrogen) atoms. The first-order valence-electron chi connectivity index (χ1n) is 4.82. The second-order valence-electron chi connectivity index (χ2n) is 3.44. The van der Waals surface area contributed by atoms with Gasteiger partial charge in [0.1, 0.15) is 11.8 Å². The number of rotatable bonds is 6. The zero-order valence-electron chi connectivity index (χ0n) is 8.99. The molecule has 5 heteroatoms. The van der Waals surface area contributed by atoms with E-state index in [0.29, 0.717) is 5.22 Å². The predicted octanol–water partition coefficient (Wildman–Crippen LogP) is 2.05. The van der Waals surface area contributed by atoms with Crippen molar-refractivity contribution in [2.75, 3.05) is 12.8 Å². The van der Waals surface area contributed by atoms with Crippen LogP contribution in [0.25, 0.3) is 0 Å². The fourth-order valence-electron chi connectivity index (χ4n) is 1.10. The Labute approximate surface area is 94.1 Å². The molecule has 1 heterocycles. The highest BCUT2D eigenvalue weighted by molar-refractivity contribution is 7.99. The van der Waals surface area contributed by atoms with Gasteiger partial charge in [-0.05, 0) is 26.8 Å². The van der Waals surface area contributed by atoms with Crippen molar-refractivity contribution < 1.29 is 4.42 Å². The molecule has 1 atom stereocenters. The van der Waals surface area contributed by atoms with Crippen LogP contribution in [0.1, 0.15) is 19.8 Å². The van der Waals surface area contributed by atoms with Crippen molar-refractivity contribution in [1.29, 1.82) is 5.26 Å². The topological polar surface area (TPSA) is 61.9 Å². The zero-order valence-corrected chi connectivity index (χ0v) is 9.80. The summed E-state index contributed by atoms with van der Waals surface area (Å²) in [4.78, 5) is 4.01. The number of nitrogens with one attached hydrogen (secondary N) is 1. The van der Waals surface area contributed by atoms with Crippen LogP contribution < -0.4 is 5.32 Å². The molecule has 0 bridgehead atoms. The molecule has 0 saturated carbocycles. The third kappa shape index (κ3) is 3.94. The molecule has 0 fully saturated rings. The largest absolute Gasteiger partial charge is 0.440 e. The molecule has 0 amide bonds. The first kappa shape index (κ1) is 12.1. The molecule has 1 aromatic heterocycles. The maximum Gasteiger partial charge on any atom is 0.255 e. The lowest BCUT2D eigenvalue weighted by Crippen LogP contribution is -2.37. The molecule has 0 spiro atoms. The fourth-order valence-corrected chi connectivity index (χ4v) is 1.83. The predicted molar refractivity (Wildman–Crippen MR) is 59.5 cm³/mol. The molecule has 0 aromatic carbocycles. The normalized spacial score (nSPS) is 14.5. The SMILES string of the molecule is CNC(C)(C#N)CCCSc1ncco1. The molecule has 1 rings (SSSR count). The second kappa shape index (κ2) is 5.79. The van der Waals surface area contributed by atoms with E-state index in [4.69, 9.17) is 9.68 Å². The highest BCUT2D eigenvalue weighted by Crippen LogP contribution is 2.19. The quantitative estimate of drug-likeness (QED) is 0.593. The molecule has 1 N–H and O–H groups in total. The first-order valence-corrected chi connectivity index (χ1v) is 5.81. The smallest absolute Gasteiger partial charge is 0.255 e. The fraction of sp³-hybridized carbons (Fsp3) is 0.600. The highest BCUT2D eigenvalue weighted by atomic mass is 32.2. The minimum atomic E-state index is -0.419. The summed E-state index contributed by atoms with van der Waals surface area (Å²) in [5, 5.41) is 12.6. The summed E-state index contributed by atoms with van der Waals surface area (Å²) in [7, 11) is 1.81. The monoisotopic (exact) mass is 225 g/mol. The van der Waals surface area contributed by atoms with E-state index in [9.17, 15) is 0 Å². The van der Waals surface area contributed by atoms with Gasteiger partial charge in [0.05, 0.1) is 12.3 Å². The van der Waals surface area contributed by atoms with Crippen LogP contribution in [0.5, 0.6) is 0 Å². The highest BCUT2D eigenvalue weighted by Gasteiger charge is 2.19. The third-order valence-corrected chi connectivity index (χ3v) is 3.20. The van der Waals surface area contributed by atoms with Crippen molar-refractivity contribution in [1.82, 2.24) is 10.3 Å². The van der Waals surface area contributed by atoms with Crippen LogP contribution in [0, 0.1) is 11.3 Å². The average Bonchev–Trinajstić information content (AvgIpc) is 2.77. The zero-order chi connectivity index (χ0) is 11.1. The number of oxazole rings is 1. The van der Waals surface area contributed by atoms with Crippen molar-refractivity contribution in [3.8, 4) is 6.07 Å². The maximum absolute atomic E-state index is 8.92. The number of nitriles is 1. The number of thioether (sulfide) groups is 1. The molecule has 0 aliphatic heterocycles. The third-order valence-electron chi connectivity index (χ3n) is 2.25. The van der Waals surface area contributed by atoms with Gasteiger partial charge in [0.25, 0.3) is 5.22 Å². The number of aromatic nitrogens is 1. The minimum Gasteiger partial charge on any atom is -0.440 e. The van der Waals surface area contributed by atoms with Crippen LogP contribution in [0.15, 0.2) is 22.1 Å². The number of hydrogen-bond donors (Lipinski definition) is 1. The van der Waals surface area contributed by atoms with Gasteiger partial charge in [-0.1, -0.05) is 11.8 Å². The van der Waals surface area contributed by atoms with E-state index in [2.05, 4.69) is 16.4 Å². The lowest BCUT2D eigenvalue weighted by molar-refractivity contribution is 0.446. The van der Waals surface area contributed by atoms with Crippen LogP contribution in [-0.4, -0.2) is 23.3 Å². The Morgan fingerprint density at radius 3 is 3.07 bits per heavy atom. The van der Waals surface area contributed by atoms with E-state index in [1.54, 1.807) is 24.2 Å². The van der Waals surface area contributed by atoms with Gasteiger partial charge in [0.15, 0.2) is 0 Å². The average molecular weight is 225 g/mol. The lowest BCUT2D eigenvalue weighted by Gasteiger charge is -2.19. The van der Waals surface area contributed by atoms with Crippen molar-refractivity contribution >= 4 is 11.8 Å².